The molecular weight excluding hydrogens is 384 g/mol. The van der Waals surface area contributed by atoms with Crippen LogP contribution in [0.15, 0.2) is 40.8 Å². The van der Waals surface area contributed by atoms with Crippen LogP contribution in [0.25, 0.3) is 11.5 Å². The molecule has 0 spiro atoms. The molecule has 166 valence electrons. The summed E-state index contributed by atoms with van der Waals surface area (Å²) in [5.74, 6) is 2.26. The van der Waals surface area contributed by atoms with Crippen molar-refractivity contribution in [3.8, 4) is 17.2 Å². The number of hydrogen-bond donors (Lipinski definition) is 0. The molecule has 4 heteroatoms. The van der Waals surface area contributed by atoms with E-state index in [1.54, 1.807) is 0 Å². The number of aromatic nitrogens is 2. The molecule has 1 aromatic heterocycles. The number of rotatable bonds is 5. The smallest absolute Gasteiger partial charge is 0.254 e. The fourth-order valence-corrected chi connectivity index (χ4v) is 3.43. The highest BCUT2D eigenvalue weighted by molar-refractivity contribution is 5.57. The largest absolute Gasteiger partial charge is 0.484 e. The van der Waals surface area contributed by atoms with Crippen molar-refractivity contribution in [2.24, 2.45) is 0 Å². The van der Waals surface area contributed by atoms with Crippen molar-refractivity contribution in [3.63, 3.8) is 0 Å². The van der Waals surface area contributed by atoms with Crippen LogP contribution in [0.5, 0.6) is 5.75 Å². The summed E-state index contributed by atoms with van der Waals surface area (Å²) in [6.07, 6.45) is 0. The summed E-state index contributed by atoms with van der Waals surface area (Å²) in [4.78, 5) is 0. The third kappa shape index (κ3) is 5.55. The van der Waals surface area contributed by atoms with E-state index in [1.165, 1.54) is 22.3 Å². The number of nitrogens with zero attached hydrogens (tertiary/aromatic N) is 2. The lowest BCUT2D eigenvalue weighted by Gasteiger charge is -2.25. The number of hydrogen-bond acceptors (Lipinski definition) is 4. The number of ether oxygens (including phenoxy) is 1. The van der Waals surface area contributed by atoms with E-state index in [0.29, 0.717) is 17.7 Å². The first-order valence-electron chi connectivity index (χ1n) is 11.1. The number of aryl methyl sites for hydroxylation is 1. The predicted molar refractivity (Wildman–Crippen MR) is 127 cm³/mol. The second-order valence-corrected chi connectivity index (χ2v) is 10.8. The zero-order valence-electron chi connectivity index (χ0n) is 20.5. The van der Waals surface area contributed by atoms with Gasteiger partial charge in [-0.1, -0.05) is 73.6 Å². The molecule has 0 radical (unpaired) electrons. The summed E-state index contributed by atoms with van der Waals surface area (Å²) >= 11 is 0. The molecule has 0 bridgehead atoms. The second kappa shape index (κ2) is 8.49. The Balaban J connectivity index is 1.88. The monoisotopic (exact) mass is 420 g/mol. The van der Waals surface area contributed by atoms with Gasteiger partial charge in [-0.25, -0.2) is 0 Å². The van der Waals surface area contributed by atoms with Gasteiger partial charge < -0.3 is 9.15 Å². The second-order valence-electron chi connectivity index (χ2n) is 10.8. The molecule has 1 heterocycles. The van der Waals surface area contributed by atoms with E-state index in [9.17, 15) is 0 Å². The molecule has 0 atom stereocenters. The summed E-state index contributed by atoms with van der Waals surface area (Å²) < 4.78 is 12.1. The van der Waals surface area contributed by atoms with Crippen LogP contribution >= 0.6 is 0 Å². The third-order valence-electron chi connectivity index (χ3n) is 5.52. The molecule has 31 heavy (non-hydrogen) atoms. The van der Waals surface area contributed by atoms with Crippen molar-refractivity contribution in [1.29, 1.82) is 0 Å². The van der Waals surface area contributed by atoms with Crippen LogP contribution in [0.3, 0.4) is 0 Å². The lowest BCUT2D eigenvalue weighted by atomic mass is 9.79. The lowest BCUT2D eigenvalue weighted by Crippen LogP contribution is -2.16. The van der Waals surface area contributed by atoms with Crippen molar-refractivity contribution >= 4 is 0 Å². The molecule has 0 fully saturated rings. The van der Waals surface area contributed by atoms with Crippen molar-refractivity contribution in [2.75, 3.05) is 0 Å². The van der Waals surface area contributed by atoms with Gasteiger partial charge in [0.25, 0.3) is 5.89 Å². The molecular formula is C27H36N2O2. The van der Waals surface area contributed by atoms with Gasteiger partial charge in [0.1, 0.15) is 5.75 Å². The first kappa shape index (κ1) is 23.1. The Kier molecular flexibility index (Phi) is 6.31. The topological polar surface area (TPSA) is 48.2 Å². The molecule has 0 saturated heterocycles. The Morgan fingerprint density at radius 3 is 2.03 bits per heavy atom. The zero-order chi connectivity index (χ0) is 23.0. The molecule has 0 saturated carbocycles. The quantitative estimate of drug-likeness (QED) is 0.433. The molecule has 0 N–H and O–H groups in total. The molecule has 3 aromatic rings. The van der Waals surface area contributed by atoms with E-state index in [-0.39, 0.29) is 17.4 Å². The third-order valence-corrected chi connectivity index (χ3v) is 5.52. The Hall–Kier alpha value is -2.62. The normalized spacial score (nSPS) is 12.5. The standard InChI is InChI=1S/C27H36N2O2/c1-17(2)22-11-10-18(3)12-23(22)30-16-24-28-29-25(31-24)19-13-20(26(4,5)6)15-21(14-19)27(7,8)9/h10-15,17H,16H2,1-9H3. The maximum atomic E-state index is 6.07. The van der Waals surface area contributed by atoms with Crippen LogP contribution in [0, 0.1) is 6.92 Å². The van der Waals surface area contributed by atoms with Crippen molar-refractivity contribution in [2.45, 2.75) is 85.7 Å². The van der Waals surface area contributed by atoms with Crippen LogP contribution < -0.4 is 4.74 Å². The maximum absolute atomic E-state index is 6.07. The summed E-state index contributed by atoms with van der Waals surface area (Å²) in [7, 11) is 0. The van der Waals surface area contributed by atoms with Gasteiger partial charge >= 0.3 is 0 Å². The Morgan fingerprint density at radius 2 is 1.48 bits per heavy atom. The van der Waals surface area contributed by atoms with E-state index >= 15 is 0 Å². The fraction of sp³-hybridized carbons (Fsp3) is 0.481. The van der Waals surface area contributed by atoms with Gasteiger partial charge in [-0.2, -0.15) is 0 Å². The van der Waals surface area contributed by atoms with Crippen molar-refractivity contribution < 1.29 is 9.15 Å². The zero-order valence-corrected chi connectivity index (χ0v) is 20.5. The van der Waals surface area contributed by atoms with Gasteiger partial charge in [-0.3, -0.25) is 0 Å². The van der Waals surface area contributed by atoms with Gasteiger partial charge in [0.15, 0.2) is 6.61 Å². The SMILES string of the molecule is Cc1ccc(C(C)C)c(OCc2nnc(-c3cc(C(C)(C)C)cc(C(C)(C)C)c3)o2)c1. The van der Waals surface area contributed by atoms with Crippen molar-refractivity contribution in [3.05, 3.63) is 64.5 Å². The highest BCUT2D eigenvalue weighted by Gasteiger charge is 2.22. The first-order chi connectivity index (χ1) is 14.3. The van der Waals surface area contributed by atoms with E-state index in [2.05, 4.69) is 109 Å². The van der Waals surface area contributed by atoms with E-state index in [4.69, 9.17) is 9.15 Å². The van der Waals surface area contributed by atoms with Gasteiger partial charge in [-0.15, -0.1) is 10.2 Å². The van der Waals surface area contributed by atoms with Gasteiger partial charge in [0.05, 0.1) is 0 Å². The average molecular weight is 421 g/mol. The first-order valence-corrected chi connectivity index (χ1v) is 11.1. The van der Waals surface area contributed by atoms with E-state index in [0.717, 1.165) is 11.3 Å². The van der Waals surface area contributed by atoms with Gasteiger partial charge in [-0.05, 0) is 64.1 Å². The summed E-state index contributed by atoms with van der Waals surface area (Å²) in [5.41, 5.74) is 5.87. The molecule has 0 aliphatic carbocycles. The molecule has 3 rings (SSSR count). The minimum atomic E-state index is 0.0282. The summed E-state index contributed by atoms with van der Waals surface area (Å²) in [6, 6.07) is 12.9. The van der Waals surface area contributed by atoms with Crippen molar-refractivity contribution in [1.82, 2.24) is 10.2 Å². The minimum Gasteiger partial charge on any atom is -0.484 e. The highest BCUT2D eigenvalue weighted by atomic mass is 16.5. The Bertz CT molecular complexity index is 1020. The summed E-state index contributed by atoms with van der Waals surface area (Å²) in [5, 5.41) is 8.57. The fourth-order valence-electron chi connectivity index (χ4n) is 3.43. The van der Waals surface area contributed by atoms with Crippen LogP contribution in [0.2, 0.25) is 0 Å². The highest BCUT2D eigenvalue weighted by Crippen LogP contribution is 2.34. The van der Waals surface area contributed by atoms with E-state index in [1.807, 2.05) is 0 Å². The lowest BCUT2D eigenvalue weighted by molar-refractivity contribution is 0.261. The number of benzene rings is 2. The summed E-state index contributed by atoms with van der Waals surface area (Å²) in [6.45, 7) is 20.0. The molecule has 2 aromatic carbocycles. The molecule has 0 aliphatic heterocycles. The predicted octanol–water partition coefficient (Wildman–Crippen LogP) is 7.34. The molecule has 0 unspecified atom stereocenters. The van der Waals surface area contributed by atoms with Crippen LogP contribution in [-0.4, -0.2) is 10.2 Å². The van der Waals surface area contributed by atoms with Crippen LogP contribution in [-0.2, 0) is 17.4 Å². The van der Waals surface area contributed by atoms with Crippen LogP contribution in [0.1, 0.15) is 89.5 Å². The molecule has 4 nitrogen and oxygen atoms in total. The minimum absolute atomic E-state index is 0.0282. The molecule has 0 aliphatic rings. The maximum Gasteiger partial charge on any atom is 0.254 e. The average Bonchev–Trinajstić information content (AvgIpc) is 3.13. The van der Waals surface area contributed by atoms with Crippen LogP contribution in [0.4, 0.5) is 0 Å². The van der Waals surface area contributed by atoms with Gasteiger partial charge in [0.2, 0.25) is 5.89 Å². The van der Waals surface area contributed by atoms with E-state index < -0.39 is 0 Å². The Labute approximate surface area is 187 Å². The van der Waals surface area contributed by atoms with Gasteiger partial charge in [0, 0.05) is 5.56 Å². The molecule has 0 amide bonds. The Morgan fingerprint density at radius 1 is 0.871 bits per heavy atom.